The van der Waals surface area contributed by atoms with Crippen LogP contribution in [0.5, 0.6) is 5.75 Å². The van der Waals surface area contributed by atoms with Gasteiger partial charge in [0.15, 0.2) is 5.58 Å². The highest BCUT2D eigenvalue weighted by Crippen LogP contribution is 2.28. The zero-order valence-corrected chi connectivity index (χ0v) is 24.6. The summed E-state index contributed by atoms with van der Waals surface area (Å²) < 4.78 is 38.4. The average molecular weight is 601 g/mol. The van der Waals surface area contributed by atoms with E-state index in [0.29, 0.717) is 29.2 Å². The van der Waals surface area contributed by atoms with Gasteiger partial charge in [-0.2, -0.15) is 16.7 Å². The Balaban J connectivity index is 1.21. The maximum atomic E-state index is 12.8. The van der Waals surface area contributed by atoms with E-state index in [0.717, 1.165) is 37.4 Å². The number of nitrogens with one attached hydrogen (secondary N) is 1. The molecule has 0 amide bonds. The fourth-order valence-electron chi connectivity index (χ4n) is 5.24. The number of aromatic amines is 1. The first-order valence-corrected chi connectivity index (χ1v) is 15.3. The molecular weight excluding hydrogens is 568 g/mol. The van der Waals surface area contributed by atoms with Gasteiger partial charge in [-0.15, -0.1) is 0 Å². The van der Waals surface area contributed by atoms with Gasteiger partial charge >= 0.3 is 16.0 Å². The van der Waals surface area contributed by atoms with Crippen LogP contribution in [-0.4, -0.2) is 65.5 Å². The third-order valence-corrected chi connectivity index (χ3v) is 9.21. The van der Waals surface area contributed by atoms with Crippen molar-refractivity contribution in [2.45, 2.75) is 12.6 Å². The highest BCUT2D eigenvalue weighted by atomic mass is 32.2. The predicted molar refractivity (Wildman–Crippen MR) is 166 cm³/mol. The summed E-state index contributed by atoms with van der Waals surface area (Å²) in [6, 6.07) is 28.7. The van der Waals surface area contributed by atoms with Crippen LogP contribution in [0.1, 0.15) is 17.2 Å². The molecule has 0 radical (unpaired) electrons. The van der Waals surface area contributed by atoms with Gasteiger partial charge in [-0.3, -0.25) is 4.90 Å². The largest absolute Gasteiger partial charge is 0.492 e. The summed E-state index contributed by atoms with van der Waals surface area (Å²) in [5.74, 6) is -0.270. The second-order valence-electron chi connectivity index (χ2n) is 10.6. The molecule has 0 spiro atoms. The van der Waals surface area contributed by atoms with Crippen molar-refractivity contribution in [3.8, 4) is 5.75 Å². The van der Waals surface area contributed by atoms with Gasteiger partial charge in [0.2, 0.25) is 0 Å². The van der Waals surface area contributed by atoms with Crippen LogP contribution >= 0.6 is 0 Å². The van der Waals surface area contributed by atoms with E-state index in [2.05, 4.69) is 22.0 Å². The number of para-hydroxylation sites is 1. The lowest BCUT2D eigenvalue weighted by Crippen LogP contribution is -2.34. The summed E-state index contributed by atoms with van der Waals surface area (Å²) in [6.07, 6.45) is -0.976. The summed E-state index contributed by atoms with van der Waals surface area (Å²) >= 11 is 0. The lowest BCUT2D eigenvalue weighted by molar-refractivity contribution is 0.0987. The number of fused-ring (bicyclic) bond motifs is 4. The van der Waals surface area contributed by atoms with Crippen LogP contribution in [-0.2, 0) is 16.8 Å². The Morgan fingerprint density at radius 3 is 2.47 bits per heavy atom. The molecule has 10 nitrogen and oxygen atoms in total. The maximum absolute atomic E-state index is 12.8. The van der Waals surface area contributed by atoms with Crippen LogP contribution in [0.25, 0.3) is 32.9 Å². The molecule has 43 heavy (non-hydrogen) atoms. The van der Waals surface area contributed by atoms with Crippen LogP contribution in [0.15, 0.2) is 100 Å². The molecule has 1 unspecified atom stereocenters. The van der Waals surface area contributed by atoms with Crippen molar-refractivity contribution < 1.29 is 22.7 Å². The minimum atomic E-state index is -4.12. The molecule has 2 aromatic heterocycles. The second-order valence-corrected chi connectivity index (χ2v) is 12.6. The smallest absolute Gasteiger partial charge is 0.435 e. The molecule has 11 heteroatoms. The maximum Gasteiger partial charge on any atom is 0.435 e. The Bertz CT molecular complexity index is 2060. The zero-order valence-electron chi connectivity index (χ0n) is 23.8. The number of aliphatic hydroxyl groups is 1. The first-order valence-electron chi connectivity index (χ1n) is 13.9. The number of ether oxygens (including phenoxy) is 1. The topological polar surface area (TPSA) is 121 Å². The fourth-order valence-corrected chi connectivity index (χ4v) is 6.19. The van der Waals surface area contributed by atoms with Crippen molar-refractivity contribution in [2.75, 3.05) is 33.8 Å². The Hall–Kier alpha value is -4.42. The third kappa shape index (κ3) is 5.80. The van der Waals surface area contributed by atoms with Gasteiger partial charge < -0.3 is 19.2 Å². The number of nitrogens with zero attached hydrogens (tertiary/aromatic N) is 3. The van der Waals surface area contributed by atoms with Gasteiger partial charge in [-0.05, 0) is 41.5 Å². The standard InChI is InChI=1S/C32H32N4O6S/c1-34(2)43(39,40)36-29-18-23(12-15-31(29)42-32(36)38)30(37)21-35(20-22-8-4-3-5-9-22)16-17-41-24-13-14-26-25-10-6-7-11-27(25)33-28(26)19-24/h3-15,18-19,30,33,37H,16-17,20-21H2,1-2H3. The number of benzene rings is 4. The van der Waals surface area contributed by atoms with E-state index in [1.54, 1.807) is 6.07 Å². The molecular formula is C32H32N4O6S. The predicted octanol–water partition coefficient (Wildman–Crippen LogP) is 4.50. The molecule has 2 N–H and O–H groups in total. The van der Waals surface area contributed by atoms with E-state index in [-0.39, 0.29) is 17.6 Å². The lowest BCUT2D eigenvalue weighted by Gasteiger charge is -2.25. The van der Waals surface area contributed by atoms with Gasteiger partial charge in [-0.1, -0.05) is 54.6 Å². The molecule has 222 valence electrons. The summed E-state index contributed by atoms with van der Waals surface area (Å²) in [4.78, 5) is 17.9. The Morgan fingerprint density at radius 2 is 1.67 bits per heavy atom. The van der Waals surface area contributed by atoms with Gasteiger partial charge in [-0.25, -0.2) is 4.79 Å². The van der Waals surface area contributed by atoms with Gasteiger partial charge in [0.1, 0.15) is 17.9 Å². The Labute approximate surface area is 248 Å². The lowest BCUT2D eigenvalue weighted by atomic mass is 10.1. The number of rotatable bonds is 11. The number of hydrogen-bond acceptors (Lipinski definition) is 7. The summed E-state index contributed by atoms with van der Waals surface area (Å²) in [7, 11) is -1.46. The van der Waals surface area contributed by atoms with Crippen LogP contribution in [0, 0.1) is 0 Å². The molecule has 0 bridgehead atoms. The fraction of sp³-hybridized carbons (Fsp3) is 0.219. The molecule has 6 rings (SSSR count). The van der Waals surface area contributed by atoms with Crippen molar-refractivity contribution in [1.82, 2.24) is 18.2 Å². The van der Waals surface area contributed by atoms with Crippen molar-refractivity contribution >= 4 is 43.1 Å². The Morgan fingerprint density at radius 1 is 0.930 bits per heavy atom. The summed E-state index contributed by atoms with van der Waals surface area (Å²) in [6.45, 7) is 1.71. The molecule has 0 aliphatic heterocycles. The SMILES string of the molecule is CN(C)S(=O)(=O)n1c(=O)oc2ccc(C(O)CN(CCOc3ccc4c(c3)[nH]c3ccccc34)Cc3ccccc3)cc21. The number of aliphatic hydroxyl groups excluding tert-OH is 1. The molecule has 0 fully saturated rings. The van der Waals surface area contributed by atoms with Crippen molar-refractivity contribution in [3.63, 3.8) is 0 Å². The number of aromatic nitrogens is 2. The van der Waals surface area contributed by atoms with E-state index in [1.807, 2.05) is 60.7 Å². The number of oxazole rings is 1. The van der Waals surface area contributed by atoms with E-state index >= 15 is 0 Å². The minimum absolute atomic E-state index is 0.0700. The monoisotopic (exact) mass is 600 g/mol. The first-order chi connectivity index (χ1) is 20.7. The molecule has 6 aromatic rings. The molecule has 0 saturated heterocycles. The molecule has 4 aromatic carbocycles. The molecule has 0 aliphatic carbocycles. The molecule has 0 saturated carbocycles. The normalized spacial score (nSPS) is 13.0. The van der Waals surface area contributed by atoms with Crippen LogP contribution in [0.4, 0.5) is 0 Å². The van der Waals surface area contributed by atoms with E-state index in [9.17, 15) is 18.3 Å². The van der Waals surface area contributed by atoms with Crippen molar-refractivity contribution in [1.29, 1.82) is 0 Å². The van der Waals surface area contributed by atoms with Crippen molar-refractivity contribution in [3.05, 3.63) is 113 Å². The summed E-state index contributed by atoms with van der Waals surface area (Å²) in [5, 5.41) is 13.6. The number of hydrogen-bond donors (Lipinski definition) is 2. The first kappa shape index (κ1) is 28.7. The number of H-pyrrole nitrogens is 1. The quantitative estimate of drug-likeness (QED) is 0.225. The average Bonchev–Trinajstić information content (AvgIpc) is 3.53. The second kappa shape index (κ2) is 11.7. The Kier molecular flexibility index (Phi) is 7.80. The molecule has 1 atom stereocenters. The van der Waals surface area contributed by atoms with Crippen LogP contribution in [0.3, 0.4) is 0 Å². The summed E-state index contributed by atoms with van der Waals surface area (Å²) in [5.41, 5.74) is 3.79. The van der Waals surface area contributed by atoms with Gasteiger partial charge in [0, 0.05) is 56.1 Å². The molecule has 2 heterocycles. The van der Waals surface area contributed by atoms with Gasteiger partial charge in [0.25, 0.3) is 0 Å². The van der Waals surface area contributed by atoms with Crippen LogP contribution < -0.4 is 10.5 Å². The zero-order chi connectivity index (χ0) is 30.1. The van der Waals surface area contributed by atoms with E-state index in [1.165, 1.54) is 26.2 Å². The van der Waals surface area contributed by atoms with E-state index < -0.39 is 22.1 Å². The van der Waals surface area contributed by atoms with Crippen molar-refractivity contribution in [2.24, 2.45) is 0 Å². The third-order valence-electron chi connectivity index (χ3n) is 7.48. The van der Waals surface area contributed by atoms with Crippen LogP contribution in [0.2, 0.25) is 0 Å². The highest BCUT2D eigenvalue weighted by Gasteiger charge is 2.25. The molecule has 0 aliphatic rings. The van der Waals surface area contributed by atoms with Gasteiger partial charge in [0.05, 0.1) is 11.6 Å². The minimum Gasteiger partial charge on any atom is -0.492 e. The van der Waals surface area contributed by atoms with E-state index in [4.69, 9.17) is 9.15 Å². The highest BCUT2D eigenvalue weighted by molar-refractivity contribution is 7.87.